The van der Waals surface area contributed by atoms with Gasteiger partial charge in [-0.1, -0.05) is 12.1 Å². The van der Waals surface area contributed by atoms with Gasteiger partial charge in [-0.15, -0.1) is 0 Å². The van der Waals surface area contributed by atoms with Crippen LogP contribution in [0.1, 0.15) is 46.5 Å². The summed E-state index contributed by atoms with van der Waals surface area (Å²) < 4.78 is 23.3. The van der Waals surface area contributed by atoms with Gasteiger partial charge in [-0.05, 0) is 38.5 Å². The molecule has 9 nitrogen and oxygen atoms in total. The lowest BCUT2D eigenvalue weighted by atomic mass is 9.91. The van der Waals surface area contributed by atoms with Crippen LogP contribution in [-0.4, -0.2) is 64.0 Å². The van der Waals surface area contributed by atoms with Crippen LogP contribution in [0, 0.1) is 13.8 Å². The van der Waals surface area contributed by atoms with Crippen molar-refractivity contribution >= 4 is 5.78 Å². The Morgan fingerprint density at radius 2 is 1.64 bits per heavy atom. The molecule has 0 spiro atoms. The zero-order valence-corrected chi connectivity index (χ0v) is 18.8. The van der Waals surface area contributed by atoms with E-state index in [1.807, 2.05) is 0 Å². The number of phenols is 1. The molecule has 0 aliphatic carbocycles. The summed E-state index contributed by atoms with van der Waals surface area (Å²) in [5.41, 5.74) is 2.05. The van der Waals surface area contributed by atoms with E-state index < -0.39 is 36.8 Å². The fourth-order valence-corrected chi connectivity index (χ4v) is 4.38. The van der Waals surface area contributed by atoms with E-state index in [4.69, 9.17) is 18.9 Å². The molecule has 1 saturated heterocycles. The molecule has 2 heterocycles. The highest BCUT2D eigenvalue weighted by Gasteiger charge is 2.44. The summed E-state index contributed by atoms with van der Waals surface area (Å²) in [4.78, 5) is 13.3. The predicted octanol–water partition coefficient (Wildman–Crippen LogP) is 1.93. The van der Waals surface area contributed by atoms with Gasteiger partial charge in [0.25, 0.3) is 0 Å². The number of Topliss-reactive ketones (excluding diaryl/α,β-unsaturated/α-hetero) is 1. The molecule has 0 bridgehead atoms. The molecule has 4 rings (SSSR count). The Bertz CT molecular complexity index is 1050. The van der Waals surface area contributed by atoms with Gasteiger partial charge in [0.2, 0.25) is 6.29 Å². The third-order valence-electron chi connectivity index (χ3n) is 6.24. The number of benzene rings is 2. The van der Waals surface area contributed by atoms with Crippen LogP contribution in [0.25, 0.3) is 0 Å². The number of phenolic OH excluding ortho intramolecular Hbond substituents is 1. The van der Waals surface area contributed by atoms with Crippen molar-refractivity contribution in [2.24, 2.45) is 0 Å². The average molecular weight is 460 g/mol. The van der Waals surface area contributed by atoms with E-state index in [-0.39, 0.29) is 29.3 Å². The molecule has 6 atom stereocenters. The molecule has 4 N–H and O–H groups in total. The smallest absolute Gasteiger partial charge is 0.229 e. The molecule has 6 unspecified atom stereocenters. The van der Waals surface area contributed by atoms with Crippen LogP contribution >= 0.6 is 0 Å². The van der Waals surface area contributed by atoms with E-state index in [9.17, 15) is 25.2 Å². The van der Waals surface area contributed by atoms with E-state index in [1.165, 1.54) is 19.2 Å². The molecule has 2 aliphatic rings. The normalized spacial score (nSPS) is 29.2. The van der Waals surface area contributed by atoms with Gasteiger partial charge >= 0.3 is 0 Å². The van der Waals surface area contributed by atoms with Gasteiger partial charge in [0, 0.05) is 11.1 Å². The Labute approximate surface area is 191 Å². The summed E-state index contributed by atoms with van der Waals surface area (Å²) in [5, 5.41) is 40.1. The first-order valence-electron chi connectivity index (χ1n) is 10.7. The molecular weight excluding hydrogens is 432 g/mol. The molecule has 0 amide bonds. The van der Waals surface area contributed by atoms with Gasteiger partial charge in [0.05, 0.1) is 19.6 Å². The number of aliphatic hydroxyl groups is 3. The van der Waals surface area contributed by atoms with Crippen molar-refractivity contribution in [1.29, 1.82) is 0 Å². The zero-order valence-electron chi connectivity index (χ0n) is 18.8. The van der Waals surface area contributed by atoms with E-state index >= 15 is 0 Å². The number of aliphatic hydroxyl groups excluding tert-OH is 3. The van der Waals surface area contributed by atoms with Crippen LogP contribution in [-0.2, 0) is 4.74 Å². The largest absolute Gasteiger partial charge is 0.508 e. The van der Waals surface area contributed by atoms with Crippen molar-refractivity contribution in [3.63, 3.8) is 0 Å². The standard InChI is InChI=1S/C24H28O9/c1-10-21(30-4)11(2)23(33-24-20(29)19(28)18(27)12(3)31-24)17-15(26)9-16(32-22(10)17)13-5-7-14(25)8-6-13/h5-8,12,16,18-20,24-25,27-29H,9H2,1-4H3. The Balaban J connectivity index is 1.76. The minimum absolute atomic E-state index is 0.0329. The minimum atomic E-state index is -1.54. The summed E-state index contributed by atoms with van der Waals surface area (Å²) in [6.07, 6.45) is -6.96. The minimum Gasteiger partial charge on any atom is -0.508 e. The van der Waals surface area contributed by atoms with Crippen LogP contribution in [0.15, 0.2) is 24.3 Å². The monoisotopic (exact) mass is 460 g/mol. The SMILES string of the molecule is COc1c(C)c2c(c(OC3OC(C)C(O)C(O)C3O)c1C)C(=O)CC(c1ccc(O)cc1)O2. The molecule has 2 aromatic rings. The second kappa shape index (κ2) is 8.83. The van der Waals surface area contributed by atoms with Crippen molar-refractivity contribution in [3.8, 4) is 23.0 Å². The Kier molecular flexibility index (Phi) is 6.24. The first-order chi connectivity index (χ1) is 15.6. The zero-order chi connectivity index (χ0) is 24.0. The van der Waals surface area contributed by atoms with Gasteiger partial charge in [-0.25, -0.2) is 0 Å². The average Bonchev–Trinajstić information content (AvgIpc) is 2.79. The highest BCUT2D eigenvalue weighted by molar-refractivity contribution is 6.04. The fraction of sp³-hybridized carbons (Fsp3) is 0.458. The van der Waals surface area contributed by atoms with E-state index in [0.717, 1.165) is 5.56 Å². The van der Waals surface area contributed by atoms with Gasteiger partial charge < -0.3 is 39.4 Å². The molecule has 0 saturated carbocycles. The molecule has 178 valence electrons. The van der Waals surface area contributed by atoms with Crippen LogP contribution in [0.4, 0.5) is 0 Å². The van der Waals surface area contributed by atoms with Gasteiger partial charge in [0.1, 0.15) is 53.0 Å². The van der Waals surface area contributed by atoms with E-state index in [0.29, 0.717) is 22.6 Å². The molecule has 9 heteroatoms. The maximum atomic E-state index is 13.3. The predicted molar refractivity (Wildman–Crippen MR) is 116 cm³/mol. The van der Waals surface area contributed by atoms with Crippen LogP contribution in [0.5, 0.6) is 23.0 Å². The summed E-state index contributed by atoms with van der Waals surface area (Å²) in [6.45, 7) is 5.03. The van der Waals surface area contributed by atoms with Crippen LogP contribution in [0.2, 0.25) is 0 Å². The molecule has 2 aromatic carbocycles. The van der Waals surface area contributed by atoms with Crippen molar-refractivity contribution in [3.05, 3.63) is 46.5 Å². The third-order valence-corrected chi connectivity index (χ3v) is 6.24. The summed E-state index contributed by atoms with van der Waals surface area (Å²) in [7, 11) is 1.49. The molecule has 0 aromatic heterocycles. The molecule has 1 fully saturated rings. The number of rotatable bonds is 4. The Morgan fingerprint density at radius 1 is 0.970 bits per heavy atom. The Hall–Kier alpha value is -2.85. The van der Waals surface area contributed by atoms with Gasteiger partial charge in [-0.2, -0.15) is 0 Å². The van der Waals surface area contributed by atoms with Gasteiger partial charge in [-0.3, -0.25) is 4.79 Å². The van der Waals surface area contributed by atoms with Crippen LogP contribution < -0.4 is 14.2 Å². The van der Waals surface area contributed by atoms with Crippen LogP contribution in [0.3, 0.4) is 0 Å². The van der Waals surface area contributed by atoms with Crippen molar-refractivity contribution in [1.82, 2.24) is 0 Å². The van der Waals surface area contributed by atoms with Crippen molar-refractivity contribution < 1.29 is 44.2 Å². The lowest BCUT2D eigenvalue weighted by Gasteiger charge is -2.39. The number of carbonyl (C=O) groups excluding carboxylic acids is 1. The molecule has 2 aliphatic heterocycles. The Morgan fingerprint density at radius 3 is 2.27 bits per heavy atom. The molecule has 0 radical (unpaired) electrons. The van der Waals surface area contributed by atoms with E-state index in [1.54, 1.807) is 32.9 Å². The highest BCUT2D eigenvalue weighted by atomic mass is 16.7. The number of ether oxygens (including phenoxy) is 4. The first kappa shape index (κ1) is 23.3. The maximum Gasteiger partial charge on any atom is 0.229 e. The molecular formula is C24H28O9. The fourth-order valence-electron chi connectivity index (χ4n) is 4.38. The number of ketones is 1. The summed E-state index contributed by atoms with van der Waals surface area (Å²) in [5.74, 6) is 0.735. The van der Waals surface area contributed by atoms with Gasteiger partial charge in [0.15, 0.2) is 5.78 Å². The number of methoxy groups -OCH3 is 1. The third kappa shape index (κ3) is 4.02. The lowest BCUT2D eigenvalue weighted by Crippen LogP contribution is -2.58. The van der Waals surface area contributed by atoms with Crippen molar-refractivity contribution in [2.45, 2.75) is 64.0 Å². The van der Waals surface area contributed by atoms with Crippen molar-refractivity contribution in [2.75, 3.05) is 7.11 Å². The second-order valence-electron chi connectivity index (χ2n) is 8.44. The number of aromatic hydroxyl groups is 1. The number of hydrogen-bond acceptors (Lipinski definition) is 9. The lowest BCUT2D eigenvalue weighted by molar-refractivity contribution is -0.268. The summed E-state index contributed by atoms with van der Waals surface area (Å²) in [6, 6.07) is 6.44. The summed E-state index contributed by atoms with van der Waals surface area (Å²) >= 11 is 0. The number of fused-ring (bicyclic) bond motifs is 1. The number of carbonyl (C=O) groups is 1. The quantitative estimate of drug-likeness (QED) is 0.540. The molecule has 33 heavy (non-hydrogen) atoms. The number of hydrogen-bond donors (Lipinski definition) is 4. The van der Waals surface area contributed by atoms with E-state index in [2.05, 4.69) is 0 Å². The second-order valence-corrected chi connectivity index (χ2v) is 8.44. The highest BCUT2D eigenvalue weighted by Crippen LogP contribution is 2.48. The topological polar surface area (TPSA) is 135 Å². The maximum absolute atomic E-state index is 13.3. The first-order valence-corrected chi connectivity index (χ1v) is 10.7.